The molecule has 3 rings (SSSR count). The average Bonchev–Trinajstić information content (AvgIpc) is 2.63. The van der Waals surface area contributed by atoms with Gasteiger partial charge in [0, 0.05) is 12.7 Å². The zero-order valence-electron chi connectivity index (χ0n) is 13.8. The number of fused-ring (bicyclic) bond motifs is 1. The Morgan fingerprint density at radius 2 is 1.96 bits per heavy atom. The van der Waals surface area contributed by atoms with E-state index in [-0.39, 0.29) is 6.04 Å². The molecule has 0 bridgehead atoms. The van der Waals surface area contributed by atoms with Crippen molar-refractivity contribution in [1.82, 2.24) is 20.3 Å². The van der Waals surface area contributed by atoms with Gasteiger partial charge >= 0.3 is 0 Å². The Hall–Kier alpha value is -2.48. The molecular formula is C17H16Cl2N6O. The molecule has 134 valence electrons. The van der Waals surface area contributed by atoms with Gasteiger partial charge in [0.05, 0.1) is 21.7 Å². The van der Waals surface area contributed by atoms with Gasteiger partial charge in [0.2, 0.25) is 0 Å². The second-order valence-electron chi connectivity index (χ2n) is 5.57. The Morgan fingerprint density at radius 1 is 1.15 bits per heavy atom. The summed E-state index contributed by atoms with van der Waals surface area (Å²) in [7, 11) is 1.84. The van der Waals surface area contributed by atoms with E-state index in [9.17, 15) is 4.79 Å². The first-order valence-electron chi connectivity index (χ1n) is 7.77. The minimum atomic E-state index is -0.571. The van der Waals surface area contributed by atoms with E-state index in [0.717, 1.165) is 5.56 Å². The lowest BCUT2D eigenvalue weighted by molar-refractivity contribution is 0.100. The molecule has 0 saturated carbocycles. The number of pyridine rings is 1. The van der Waals surface area contributed by atoms with Crippen molar-refractivity contribution in [1.29, 1.82) is 0 Å². The van der Waals surface area contributed by atoms with Gasteiger partial charge in [0.25, 0.3) is 5.91 Å². The summed E-state index contributed by atoms with van der Waals surface area (Å²) in [5.41, 5.74) is 7.49. The summed E-state index contributed by atoms with van der Waals surface area (Å²) in [6.45, 7) is 0.596. The van der Waals surface area contributed by atoms with Crippen LogP contribution in [0.2, 0.25) is 10.0 Å². The molecule has 26 heavy (non-hydrogen) atoms. The van der Waals surface area contributed by atoms with E-state index >= 15 is 0 Å². The molecule has 0 fully saturated rings. The van der Waals surface area contributed by atoms with Gasteiger partial charge < -0.3 is 16.4 Å². The van der Waals surface area contributed by atoms with Crippen LogP contribution in [0.1, 0.15) is 22.0 Å². The van der Waals surface area contributed by atoms with E-state index in [2.05, 4.69) is 25.6 Å². The summed E-state index contributed by atoms with van der Waals surface area (Å²) in [5, 5.41) is 7.40. The highest BCUT2D eigenvalue weighted by molar-refractivity contribution is 6.42. The van der Waals surface area contributed by atoms with Crippen LogP contribution in [-0.4, -0.2) is 34.5 Å². The molecule has 7 nitrogen and oxygen atoms in total. The van der Waals surface area contributed by atoms with Crippen LogP contribution >= 0.6 is 23.2 Å². The number of aromatic nitrogens is 3. The highest BCUT2D eigenvalue weighted by Gasteiger charge is 2.17. The van der Waals surface area contributed by atoms with Crippen LogP contribution in [0, 0.1) is 0 Å². The number of amides is 1. The molecule has 0 spiro atoms. The third-order valence-corrected chi connectivity index (χ3v) is 4.59. The number of likely N-dealkylation sites (N-methyl/N-ethyl adjacent to an activating group) is 1. The summed E-state index contributed by atoms with van der Waals surface area (Å²) in [6, 6.07) is 6.79. The number of hydrogen-bond acceptors (Lipinski definition) is 6. The summed E-state index contributed by atoms with van der Waals surface area (Å²) in [5.74, 6) is -0.0808. The summed E-state index contributed by atoms with van der Waals surface area (Å²) < 4.78 is 0. The Labute approximate surface area is 159 Å². The lowest BCUT2D eigenvalue weighted by Crippen LogP contribution is -2.24. The van der Waals surface area contributed by atoms with Crippen LogP contribution in [0.3, 0.4) is 0 Å². The quantitative estimate of drug-likeness (QED) is 0.597. The van der Waals surface area contributed by atoms with E-state index in [1.807, 2.05) is 13.1 Å². The van der Waals surface area contributed by atoms with E-state index < -0.39 is 5.91 Å². The number of carbonyl (C=O) groups is 1. The fourth-order valence-corrected chi connectivity index (χ4v) is 2.92. The van der Waals surface area contributed by atoms with Crippen LogP contribution < -0.4 is 16.4 Å². The summed E-state index contributed by atoms with van der Waals surface area (Å²) in [4.78, 5) is 24.3. The normalized spacial score (nSPS) is 12.1. The molecule has 1 unspecified atom stereocenters. The maximum absolute atomic E-state index is 11.6. The fraction of sp³-hybridized carbons (Fsp3) is 0.176. The molecule has 1 amide bonds. The van der Waals surface area contributed by atoms with Crippen LogP contribution in [0.4, 0.5) is 5.82 Å². The molecule has 0 aliphatic heterocycles. The predicted octanol–water partition coefficient (Wildman–Crippen LogP) is 2.80. The van der Waals surface area contributed by atoms with Crippen LogP contribution in [0.25, 0.3) is 11.0 Å². The zero-order chi connectivity index (χ0) is 18.7. The molecular weight excluding hydrogens is 375 g/mol. The Bertz CT molecular complexity index is 965. The molecule has 0 aliphatic rings. The molecule has 2 aromatic heterocycles. The molecule has 1 aromatic carbocycles. The van der Waals surface area contributed by atoms with Gasteiger partial charge in [-0.15, -0.1) is 0 Å². The largest absolute Gasteiger partial charge is 0.366 e. The smallest absolute Gasteiger partial charge is 0.251 e. The number of carbonyl (C=O) groups excluding carboxylic acids is 1. The van der Waals surface area contributed by atoms with Gasteiger partial charge in [-0.25, -0.2) is 9.97 Å². The van der Waals surface area contributed by atoms with Gasteiger partial charge in [-0.1, -0.05) is 29.3 Å². The van der Waals surface area contributed by atoms with Crippen molar-refractivity contribution >= 4 is 46.0 Å². The number of hydrogen-bond donors (Lipinski definition) is 3. The lowest BCUT2D eigenvalue weighted by atomic mass is 10.1. The van der Waals surface area contributed by atoms with Crippen molar-refractivity contribution in [3.63, 3.8) is 0 Å². The first kappa shape index (κ1) is 18.3. The lowest BCUT2D eigenvalue weighted by Gasteiger charge is -2.20. The molecule has 0 aliphatic carbocycles. The number of benzene rings is 1. The van der Waals surface area contributed by atoms with E-state index in [4.69, 9.17) is 28.9 Å². The number of halogens is 2. The molecule has 1 atom stereocenters. The summed E-state index contributed by atoms with van der Waals surface area (Å²) in [6.07, 6.45) is 2.87. The first-order chi connectivity index (χ1) is 12.5. The predicted molar refractivity (Wildman–Crippen MR) is 103 cm³/mol. The average molecular weight is 391 g/mol. The van der Waals surface area contributed by atoms with Gasteiger partial charge in [0.15, 0.2) is 5.82 Å². The number of anilines is 1. The van der Waals surface area contributed by atoms with E-state index in [1.165, 1.54) is 18.6 Å². The SMILES string of the molecule is CNCC(Nc1ncnc2c(C(N)=O)ccnc12)c1ccc(Cl)c(Cl)c1. The molecule has 3 aromatic rings. The van der Waals surface area contributed by atoms with Crippen LogP contribution in [0.5, 0.6) is 0 Å². The topological polar surface area (TPSA) is 106 Å². The van der Waals surface area contributed by atoms with Crippen molar-refractivity contribution in [2.24, 2.45) is 5.73 Å². The van der Waals surface area contributed by atoms with Gasteiger partial charge in [-0.2, -0.15) is 0 Å². The van der Waals surface area contributed by atoms with Gasteiger partial charge in [-0.05, 0) is 30.8 Å². The number of nitrogens with zero attached hydrogens (tertiary/aromatic N) is 3. The standard InChI is InChI=1S/C17H16Cl2N6O/c1-21-7-13(9-2-3-11(18)12(19)6-9)25-17-15-14(23-8-24-17)10(16(20)26)4-5-22-15/h2-6,8,13,21H,7H2,1H3,(H2,20,26)(H,23,24,25). The number of nitrogens with two attached hydrogens (primary N) is 1. The van der Waals surface area contributed by atoms with Crippen LogP contribution in [0.15, 0.2) is 36.8 Å². The second-order valence-corrected chi connectivity index (χ2v) is 6.38. The number of nitrogens with one attached hydrogen (secondary N) is 2. The molecule has 9 heteroatoms. The number of rotatable bonds is 6. The molecule has 0 radical (unpaired) electrons. The van der Waals surface area contributed by atoms with Crippen molar-refractivity contribution in [2.45, 2.75) is 6.04 Å². The van der Waals surface area contributed by atoms with Crippen molar-refractivity contribution in [3.8, 4) is 0 Å². The minimum absolute atomic E-state index is 0.160. The van der Waals surface area contributed by atoms with Gasteiger partial charge in [-0.3, -0.25) is 9.78 Å². The van der Waals surface area contributed by atoms with Crippen LogP contribution in [-0.2, 0) is 0 Å². The Kier molecular flexibility index (Phi) is 5.51. The monoisotopic (exact) mass is 390 g/mol. The summed E-state index contributed by atoms with van der Waals surface area (Å²) >= 11 is 12.1. The van der Waals surface area contributed by atoms with E-state index in [1.54, 1.807) is 12.1 Å². The maximum Gasteiger partial charge on any atom is 0.251 e. The molecule has 0 saturated heterocycles. The highest BCUT2D eigenvalue weighted by Crippen LogP contribution is 2.28. The number of primary amides is 1. The minimum Gasteiger partial charge on any atom is -0.366 e. The van der Waals surface area contributed by atoms with Crippen molar-refractivity contribution in [2.75, 3.05) is 18.9 Å². The third kappa shape index (κ3) is 3.70. The molecule has 4 N–H and O–H groups in total. The van der Waals surface area contributed by atoms with Gasteiger partial charge in [0.1, 0.15) is 17.4 Å². The second kappa shape index (κ2) is 7.82. The maximum atomic E-state index is 11.6. The third-order valence-electron chi connectivity index (χ3n) is 3.85. The van der Waals surface area contributed by atoms with Crippen molar-refractivity contribution in [3.05, 3.63) is 58.0 Å². The fourth-order valence-electron chi connectivity index (χ4n) is 2.62. The molecule has 2 heterocycles. The highest BCUT2D eigenvalue weighted by atomic mass is 35.5. The van der Waals surface area contributed by atoms with E-state index in [0.29, 0.717) is 39.0 Å². The Balaban J connectivity index is 2.03. The zero-order valence-corrected chi connectivity index (χ0v) is 15.3. The van der Waals surface area contributed by atoms with Crippen molar-refractivity contribution < 1.29 is 4.79 Å². The first-order valence-corrected chi connectivity index (χ1v) is 8.52. The Morgan fingerprint density at radius 3 is 2.65 bits per heavy atom.